The van der Waals surface area contributed by atoms with Crippen LogP contribution in [0.2, 0.25) is 0 Å². The molecule has 17 heavy (non-hydrogen) atoms. The van der Waals surface area contributed by atoms with E-state index in [1.54, 1.807) is 0 Å². The zero-order valence-electron chi connectivity index (χ0n) is 11.7. The van der Waals surface area contributed by atoms with E-state index in [9.17, 15) is 8.42 Å². The molecule has 0 heterocycles. The van der Waals surface area contributed by atoms with Gasteiger partial charge in [-0.3, -0.25) is 4.90 Å². The van der Waals surface area contributed by atoms with Gasteiger partial charge < -0.3 is 5.73 Å². The Hall–Kier alpha value is -0.130. The highest BCUT2D eigenvalue weighted by molar-refractivity contribution is 7.90. The van der Waals surface area contributed by atoms with Gasteiger partial charge in [-0.2, -0.15) is 0 Å². The Morgan fingerprint density at radius 3 is 2.00 bits per heavy atom. The van der Waals surface area contributed by atoms with E-state index in [-0.39, 0.29) is 11.3 Å². The van der Waals surface area contributed by atoms with E-state index in [0.29, 0.717) is 13.0 Å². The lowest BCUT2D eigenvalue weighted by Crippen LogP contribution is -2.53. The minimum Gasteiger partial charge on any atom is -0.329 e. The summed E-state index contributed by atoms with van der Waals surface area (Å²) in [6.45, 7) is 8.76. The molecular weight excluding hydrogens is 236 g/mol. The van der Waals surface area contributed by atoms with Gasteiger partial charge in [0.25, 0.3) is 0 Å². The first kappa shape index (κ1) is 16.9. The molecule has 0 fully saturated rings. The molecule has 5 heteroatoms. The molecule has 0 bridgehead atoms. The maximum Gasteiger partial charge on any atom is 0.147 e. The minimum absolute atomic E-state index is 0.0340. The van der Waals surface area contributed by atoms with E-state index in [1.165, 1.54) is 6.26 Å². The van der Waals surface area contributed by atoms with E-state index >= 15 is 0 Å². The number of hydrogen-bond acceptors (Lipinski definition) is 4. The molecule has 4 nitrogen and oxygen atoms in total. The van der Waals surface area contributed by atoms with E-state index in [1.807, 2.05) is 0 Å². The quantitative estimate of drug-likeness (QED) is 0.681. The summed E-state index contributed by atoms with van der Waals surface area (Å²) in [7, 11) is -2.85. The highest BCUT2D eigenvalue weighted by Gasteiger charge is 2.30. The van der Waals surface area contributed by atoms with Crippen LogP contribution in [0, 0.1) is 0 Å². The lowest BCUT2D eigenvalue weighted by atomic mass is 9.90. The molecule has 0 saturated heterocycles. The van der Waals surface area contributed by atoms with E-state index < -0.39 is 9.84 Å². The van der Waals surface area contributed by atoms with Gasteiger partial charge in [-0.25, -0.2) is 8.42 Å². The molecule has 0 radical (unpaired) electrons. The van der Waals surface area contributed by atoms with E-state index in [2.05, 4.69) is 25.7 Å². The Labute approximate surface area is 106 Å². The molecule has 0 saturated carbocycles. The van der Waals surface area contributed by atoms with E-state index in [4.69, 9.17) is 5.73 Å². The molecule has 0 rings (SSSR count). The Morgan fingerprint density at radius 1 is 1.18 bits per heavy atom. The number of nitrogens with two attached hydrogens (primary N) is 1. The molecule has 104 valence electrons. The predicted molar refractivity (Wildman–Crippen MR) is 73.9 cm³/mol. The van der Waals surface area contributed by atoms with Gasteiger partial charge in [0, 0.05) is 18.3 Å². The van der Waals surface area contributed by atoms with Crippen molar-refractivity contribution in [1.82, 2.24) is 4.90 Å². The molecular formula is C12H28N2O2S. The van der Waals surface area contributed by atoms with Crippen molar-refractivity contribution in [1.29, 1.82) is 0 Å². The minimum atomic E-state index is -2.85. The molecule has 0 spiro atoms. The van der Waals surface area contributed by atoms with Crippen LogP contribution < -0.4 is 5.73 Å². The highest BCUT2D eigenvalue weighted by Crippen LogP contribution is 2.22. The Bertz CT molecular complexity index is 289. The predicted octanol–water partition coefficient (Wildman–Crippen LogP) is 1.26. The summed E-state index contributed by atoms with van der Waals surface area (Å²) in [4.78, 5) is 2.33. The summed E-state index contributed by atoms with van der Waals surface area (Å²) < 4.78 is 22.2. The van der Waals surface area contributed by atoms with Crippen LogP contribution in [-0.4, -0.2) is 50.5 Å². The molecule has 0 amide bonds. The third kappa shape index (κ3) is 5.36. The largest absolute Gasteiger partial charge is 0.329 e. The van der Waals surface area contributed by atoms with Crippen molar-refractivity contribution >= 4 is 9.84 Å². The summed E-state index contributed by atoms with van der Waals surface area (Å²) >= 11 is 0. The maximum atomic E-state index is 11.1. The standard InChI is InChI=1S/C12H28N2O2S/c1-5-12(6-2,11-13)14(7-3)9-8-10-17(4,15)16/h5-11,13H2,1-4H3. The second-order valence-corrected chi connectivity index (χ2v) is 6.96. The summed E-state index contributed by atoms with van der Waals surface area (Å²) in [6, 6.07) is 0. The lowest BCUT2D eigenvalue weighted by Gasteiger charge is -2.42. The third-order valence-electron chi connectivity index (χ3n) is 3.69. The van der Waals surface area contributed by atoms with Crippen molar-refractivity contribution in [3.05, 3.63) is 0 Å². The van der Waals surface area contributed by atoms with Crippen molar-refractivity contribution in [3.63, 3.8) is 0 Å². The fraction of sp³-hybridized carbons (Fsp3) is 1.00. The van der Waals surface area contributed by atoms with Crippen LogP contribution in [-0.2, 0) is 9.84 Å². The van der Waals surface area contributed by atoms with Gasteiger partial charge in [0.2, 0.25) is 0 Å². The second-order valence-electron chi connectivity index (χ2n) is 4.70. The van der Waals surface area contributed by atoms with Gasteiger partial charge in [0.1, 0.15) is 9.84 Å². The summed E-state index contributed by atoms with van der Waals surface area (Å²) in [6.07, 6.45) is 3.99. The number of likely N-dealkylation sites (N-methyl/N-ethyl adjacent to an activating group) is 1. The molecule has 0 aromatic carbocycles. The number of sulfone groups is 1. The van der Waals surface area contributed by atoms with Gasteiger partial charge in [0.05, 0.1) is 5.75 Å². The zero-order chi connectivity index (χ0) is 13.5. The smallest absolute Gasteiger partial charge is 0.147 e. The van der Waals surface area contributed by atoms with Crippen molar-refractivity contribution < 1.29 is 8.42 Å². The van der Waals surface area contributed by atoms with E-state index in [0.717, 1.165) is 25.9 Å². The van der Waals surface area contributed by atoms with Crippen LogP contribution in [0.15, 0.2) is 0 Å². The highest BCUT2D eigenvalue weighted by atomic mass is 32.2. The Kier molecular flexibility index (Phi) is 7.28. The molecule has 0 aromatic heterocycles. The van der Waals surface area contributed by atoms with Crippen LogP contribution in [0.1, 0.15) is 40.0 Å². The van der Waals surface area contributed by atoms with Crippen LogP contribution in [0.25, 0.3) is 0 Å². The number of nitrogens with zero attached hydrogens (tertiary/aromatic N) is 1. The molecule has 2 N–H and O–H groups in total. The summed E-state index contributed by atoms with van der Waals surface area (Å²) in [5, 5.41) is 0. The first-order chi connectivity index (χ1) is 7.85. The summed E-state index contributed by atoms with van der Waals surface area (Å²) in [5.41, 5.74) is 5.94. The monoisotopic (exact) mass is 264 g/mol. The van der Waals surface area contributed by atoms with Gasteiger partial charge >= 0.3 is 0 Å². The topological polar surface area (TPSA) is 63.4 Å². The fourth-order valence-electron chi connectivity index (χ4n) is 2.36. The van der Waals surface area contributed by atoms with Crippen molar-refractivity contribution in [2.75, 3.05) is 31.6 Å². The van der Waals surface area contributed by atoms with Gasteiger partial charge in [-0.1, -0.05) is 20.8 Å². The molecule has 0 aromatic rings. The van der Waals surface area contributed by atoms with Crippen molar-refractivity contribution in [2.45, 2.75) is 45.6 Å². The average molecular weight is 264 g/mol. The second kappa shape index (κ2) is 7.34. The molecule has 0 aliphatic carbocycles. The first-order valence-electron chi connectivity index (χ1n) is 6.48. The maximum absolute atomic E-state index is 11.1. The fourth-order valence-corrected chi connectivity index (χ4v) is 3.02. The lowest BCUT2D eigenvalue weighted by molar-refractivity contribution is 0.0911. The molecule has 0 aliphatic rings. The number of hydrogen-bond donors (Lipinski definition) is 1. The molecule has 0 atom stereocenters. The average Bonchev–Trinajstić information content (AvgIpc) is 2.28. The summed E-state index contributed by atoms with van der Waals surface area (Å²) in [5.74, 6) is 0.261. The molecule has 0 unspecified atom stereocenters. The van der Waals surface area contributed by atoms with Gasteiger partial charge in [-0.05, 0) is 32.4 Å². The van der Waals surface area contributed by atoms with Gasteiger partial charge in [-0.15, -0.1) is 0 Å². The van der Waals surface area contributed by atoms with Crippen molar-refractivity contribution in [3.8, 4) is 0 Å². The SMILES string of the molecule is CCN(CCCS(C)(=O)=O)C(CC)(CC)CN. The molecule has 0 aliphatic heterocycles. The number of rotatable bonds is 9. The Morgan fingerprint density at radius 2 is 1.71 bits per heavy atom. The van der Waals surface area contributed by atoms with Crippen LogP contribution >= 0.6 is 0 Å². The van der Waals surface area contributed by atoms with Crippen LogP contribution in [0.5, 0.6) is 0 Å². The first-order valence-corrected chi connectivity index (χ1v) is 8.54. The van der Waals surface area contributed by atoms with Crippen molar-refractivity contribution in [2.24, 2.45) is 5.73 Å². The van der Waals surface area contributed by atoms with Crippen LogP contribution in [0.3, 0.4) is 0 Å². The van der Waals surface area contributed by atoms with Crippen LogP contribution in [0.4, 0.5) is 0 Å². The normalized spacial score (nSPS) is 13.3. The zero-order valence-corrected chi connectivity index (χ0v) is 12.5. The Balaban J connectivity index is 4.50. The van der Waals surface area contributed by atoms with Gasteiger partial charge in [0.15, 0.2) is 0 Å². The third-order valence-corrected chi connectivity index (χ3v) is 4.72.